The van der Waals surface area contributed by atoms with Crippen LogP contribution >= 0.6 is 11.6 Å². The van der Waals surface area contributed by atoms with Crippen LogP contribution in [0.15, 0.2) is 0 Å². The van der Waals surface area contributed by atoms with E-state index in [0.29, 0.717) is 6.42 Å². The molecule has 0 bridgehead atoms. The second-order valence-electron chi connectivity index (χ2n) is 1.49. The van der Waals surface area contributed by atoms with Crippen molar-refractivity contribution in [3.8, 4) is 11.3 Å². The predicted molar refractivity (Wildman–Crippen MR) is 34.5 cm³/mol. The number of halogens is 1. The maximum atomic E-state index is 9.55. The lowest BCUT2D eigenvalue weighted by atomic mass is 10.3. The molecule has 0 aliphatic carbocycles. The minimum absolute atomic E-state index is 0.214. The molecule has 49 valence electrons. The highest BCUT2D eigenvalue weighted by Crippen LogP contribution is 1.92. The zero-order valence-corrected chi connectivity index (χ0v) is 5.73. The summed E-state index contributed by atoms with van der Waals surface area (Å²) in [5, 5.41) is 2.17. The summed E-state index contributed by atoms with van der Waals surface area (Å²) < 4.78 is 4.38. The third kappa shape index (κ3) is 5.19. The Bertz CT molecular complexity index is 134. The van der Waals surface area contributed by atoms with Crippen LogP contribution < -0.4 is 0 Å². The molecule has 2 nitrogen and oxygen atoms in total. The zero-order chi connectivity index (χ0) is 7.11. The van der Waals surface area contributed by atoms with E-state index in [1.54, 1.807) is 6.92 Å². The first-order valence-electron chi connectivity index (χ1n) is 2.42. The highest BCUT2D eigenvalue weighted by molar-refractivity contribution is 6.30. The fraction of sp³-hybridized carbons (Fsp3) is 0.500. The van der Waals surface area contributed by atoms with Crippen molar-refractivity contribution in [1.82, 2.24) is 0 Å². The van der Waals surface area contributed by atoms with Crippen molar-refractivity contribution in [2.24, 2.45) is 0 Å². The van der Waals surface area contributed by atoms with Crippen molar-refractivity contribution in [3.63, 3.8) is 0 Å². The van der Waals surface area contributed by atoms with E-state index in [1.165, 1.54) is 6.47 Å². The van der Waals surface area contributed by atoms with Gasteiger partial charge in [0.05, 0.1) is 0 Å². The van der Waals surface area contributed by atoms with Crippen molar-refractivity contribution < 1.29 is 9.53 Å². The molecule has 0 rings (SSSR count). The predicted octanol–water partition coefficient (Wildman–Crippen LogP) is 1.05. The van der Waals surface area contributed by atoms with Crippen molar-refractivity contribution in [1.29, 1.82) is 0 Å². The molecule has 3 heteroatoms. The Balaban J connectivity index is 3.33. The Labute approximate surface area is 59.1 Å². The number of ether oxygens (including phenoxy) is 1. The largest absolute Gasteiger partial charge is 0.453 e. The maximum absolute atomic E-state index is 9.55. The van der Waals surface area contributed by atoms with Gasteiger partial charge in [-0.15, -0.1) is 0 Å². The summed E-state index contributed by atoms with van der Waals surface area (Å²) in [7, 11) is 0. The average Bonchev–Trinajstić information content (AvgIpc) is 1.85. The smallest absolute Gasteiger partial charge is 0.417 e. The molecule has 0 spiro atoms. The Morgan fingerprint density at radius 3 is 2.89 bits per heavy atom. The molecule has 0 heterocycles. The summed E-state index contributed by atoms with van der Waals surface area (Å²) in [5.41, 5.74) is 0. The van der Waals surface area contributed by atoms with Crippen molar-refractivity contribution in [2.45, 2.75) is 19.4 Å². The summed E-state index contributed by atoms with van der Waals surface area (Å²) in [6.07, 6.45) is 0.243. The second-order valence-corrected chi connectivity index (χ2v) is 1.68. The van der Waals surface area contributed by atoms with Gasteiger partial charge in [-0.3, -0.25) is 0 Å². The van der Waals surface area contributed by atoms with Gasteiger partial charge in [0, 0.05) is 11.8 Å². The molecule has 0 aromatic heterocycles. The van der Waals surface area contributed by atoms with Gasteiger partial charge in [0.25, 0.3) is 0 Å². The minimum Gasteiger partial charge on any atom is -0.453 e. The first-order valence-corrected chi connectivity index (χ1v) is 2.80. The number of rotatable bonds is 3. The Morgan fingerprint density at radius 1 is 1.78 bits per heavy atom. The van der Waals surface area contributed by atoms with Crippen LogP contribution in [0.2, 0.25) is 0 Å². The zero-order valence-electron chi connectivity index (χ0n) is 4.98. The minimum atomic E-state index is -0.214. The molecule has 9 heavy (non-hydrogen) atoms. The quantitative estimate of drug-likeness (QED) is 0.555. The topological polar surface area (TPSA) is 26.3 Å². The molecule has 0 amide bonds. The monoisotopic (exact) mass is 145 g/mol. The molecule has 0 N–H and O–H groups in total. The molecule has 0 saturated carbocycles. The number of hydrogen-bond donors (Lipinski definition) is 0. The van der Waals surface area contributed by atoms with Crippen molar-refractivity contribution >= 4 is 18.1 Å². The first kappa shape index (κ1) is 8.32. The van der Waals surface area contributed by atoms with E-state index in [9.17, 15) is 4.79 Å². The van der Waals surface area contributed by atoms with Gasteiger partial charge < -0.3 is 4.74 Å². The van der Waals surface area contributed by atoms with Gasteiger partial charge in [0.15, 0.2) is 0 Å². The van der Waals surface area contributed by atoms with Gasteiger partial charge in [0.1, 0.15) is 6.10 Å². The molecular weight excluding hydrogens is 140 g/mol. The lowest BCUT2D eigenvalue weighted by molar-refractivity contribution is 0.199. The Morgan fingerprint density at radius 2 is 2.44 bits per heavy atom. The Hall–Kier alpha value is -0.680. The van der Waals surface area contributed by atoms with Crippen molar-refractivity contribution in [3.05, 3.63) is 0 Å². The van der Waals surface area contributed by atoms with Crippen LogP contribution in [0.3, 0.4) is 0 Å². The highest BCUT2D eigenvalue weighted by atomic mass is 35.5. The van der Waals surface area contributed by atoms with E-state index >= 15 is 0 Å². The Kier molecular flexibility index (Phi) is 5.04. The van der Waals surface area contributed by atoms with E-state index in [2.05, 4.69) is 16.0 Å². The van der Waals surface area contributed by atoms with Crippen LogP contribution in [0.1, 0.15) is 13.3 Å². The van der Waals surface area contributed by atoms with Gasteiger partial charge in [-0.1, -0.05) is 5.92 Å². The lowest BCUT2D eigenvalue weighted by Crippen LogP contribution is -2.04. The second kappa shape index (κ2) is 5.46. The maximum Gasteiger partial charge on any atom is 0.417 e. The molecule has 0 fully saturated rings. The number of hydrogen-bond acceptors (Lipinski definition) is 2. The summed E-state index contributed by atoms with van der Waals surface area (Å²) in [4.78, 5) is 9.55. The van der Waals surface area contributed by atoms with Crippen LogP contribution in [-0.4, -0.2) is 12.6 Å². The fourth-order valence-electron chi connectivity index (χ4n) is 0.306. The van der Waals surface area contributed by atoms with Gasteiger partial charge in [-0.2, -0.15) is 0 Å². The van der Waals surface area contributed by atoms with Crippen molar-refractivity contribution in [2.75, 3.05) is 0 Å². The van der Waals surface area contributed by atoms with E-state index in [0.717, 1.165) is 0 Å². The fourth-order valence-corrected chi connectivity index (χ4v) is 0.383. The summed E-state index contributed by atoms with van der Waals surface area (Å²) >= 11 is 5.03. The molecular formula is C6H6ClO2. The van der Waals surface area contributed by atoms with E-state index in [1.807, 2.05) is 0 Å². The van der Waals surface area contributed by atoms with Crippen LogP contribution in [-0.2, 0) is 9.53 Å². The van der Waals surface area contributed by atoms with Gasteiger partial charge >= 0.3 is 6.47 Å². The molecule has 0 aliphatic rings. The SMILES string of the molecule is CC(CC#CCl)O[C]=O. The normalized spacial score (nSPS) is 10.9. The first-order chi connectivity index (χ1) is 4.31. The molecule has 0 aliphatic heterocycles. The molecule has 1 unspecified atom stereocenters. The standard InChI is InChI=1S/C6H6ClO2/c1-6(9-5-8)3-2-4-7/h6H,3H2,1H3. The van der Waals surface area contributed by atoms with Gasteiger partial charge in [-0.05, 0) is 18.5 Å². The van der Waals surface area contributed by atoms with Gasteiger partial charge in [0.2, 0.25) is 0 Å². The van der Waals surface area contributed by atoms with Crippen LogP contribution in [0.5, 0.6) is 0 Å². The number of carbonyl (C=O) groups excluding carboxylic acids is 1. The summed E-state index contributed by atoms with van der Waals surface area (Å²) in [5.74, 6) is 2.54. The van der Waals surface area contributed by atoms with E-state index < -0.39 is 0 Å². The summed E-state index contributed by atoms with van der Waals surface area (Å²) in [6.45, 7) is 3.03. The summed E-state index contributed by atoms with van der Waals surface area (Å²) in [6, 6.07) is 0. The molecule has 1 atom stereocenters. The highest BCUT2D eigenvalue weighted by Gasteiger charge is 1.96. The lowest BCUT2D eigenvalue weighted by Gasteiger charge is -2.00. The average molecular weight is 146 g/mol. The molecule has 0 saturated heterocycles. The molecule has 0 aromatic rings. The third-order valence-corrected chi connectivity index (χ3v) is 0.839. The van der Waals surface area contributed by atoms with Crippen LogP contribution in [0.4, 0.5) is 0 Å². The van der Waals surface area contributed by atoms with E-state index in [4.69, 9.17) is 11.6 Å². The van der Waals surface area contributed by atoms with Crippen LogP contribution in [0.25, 0.3) is 0 Å². The van der Waals surface area contributed by atoms with Gasteiger partial charge in [-0.25, -0.2) is 4.79 Å². The molecule has 1 radical (unpaired) electrons. The molecule has 0 aromatic carbocycles. The van der Waals surface area contributed by atoms with Crippen LogP contribution in [0, 0.1) is 11.3 Å². The van der Waals surface area contributed by atoms with E-state index in [-0.39, 0.29) is 6.10 Å². The third-order valence-electron chi connectivity index (χ3n) is 0.706.